The molecule has 1 aliphatic carbocycles. The summed E-state index contributed by atoms with van der Waals surface area (Å²) in [5.74, 6) is 0.983. The summed E-state index contributed by atoms with van der Waals surface area (Å²) in [5.41, 5.74) is 3.69. The lowest BCUT2D eigenvalue weighted by molar-refractivity contribution is -0.121. The van der Waals surface area contributed by atoms with Gasteiger partial charge in [0.1, 0.15) is 17.4 Å². The molecule has 0 radical (unpaired) electrons. The van der Waals surface area contributed by atoms with Crippen LogP contribution in [0.25, 0.3) is 0 Å². The summed E-state index contributed by atoms with van der Waals surface area (Å²) < 4.78 is 5.76. The third-order valence-electron chi connectivity index (χ3n) is 5.33. The van der Waals surface area contributed by atoms with E-state index in [2.05, 4.69) is 15.6 Å². The number of carbonyl (C=O) groups excluding carboxylic acids is 2. The van der Waals surface area contributed by atoms with Crippen LogP contribution in [0.5, 0.6) is 5.75 Å². The summed E-state index contributed by atoms with van der Waals surface area (Å²) in [6, 6.07) is 15.3. The van der Waals surface area contributed by atoms with Crippen LogP contribution in [0.1, 0.15) is 47.6 Å². The van der Waals surface area contributed by atoms with Crippen LogP contribution < -0.4 is 15.4 Å². The van der Waals surface area contributed by atoms with Gasteiger partial charge in [-0.1, -0.05) is 29.8 Å². The fourth-order valence-electron chi connectivity index (χ4n) is 3.26. The highest BCUT2D eigenvalue weighted by Gasteiger charge is 2.29. The van der Waals surface area contributed by atoms with Crippen molar-refractivity contribution in [3.63, 3.8) is 0 Å². The molecule has 1 unspecified atom stereocenters. The lowest BCUT2D eigenvalue weighted by atomic mass is 10.1. The molecule has 2 amide bonds. The summed E-state index contributed by atoms with van der Waals surface area (Å²) in [6.45, 7) is 4.36. The Morgan fingerprint density at radius 1 is 1.12 bits per heavy atom. The average molecular weight is 450 g/mol. The molecule has 1 atom stereocenters. The fraction of sp³-hybridized carbons (Fsp3) is 0.320. The minimum Gasteiger partial charge on any atom is -0.486 e. The summed E-state index contributed by atoms with van der Waals surface area (Å²) >= 11 is 1.49. The maximum absolute atomic E-state index is 12.5. The predicted octanol–water partition coefficient (Wildman–Crippen LogP) is 4.80. The molecule has 3 aromatic rings. The Morgan fingerprint density at radius 2 is 1.84 bits per heavy atom. The van der Waals surface area contributed by atoms with Gasteiger partial charge >= 0.3 is 0 Å². The fourth-order valence-corrected chi connectivity index (χ4v) is 3.97. The van der Waals surface area contributed by atoms with Crippen molar-refractivity contribution in [1.82, 2.24) is 10.3 Å². The number of thiazole rings is 1. The van der Waals surface area contributed by atoms with Gasteiger partial charge in [-0.3, -0.25) is 9.59 Å². The van der Waals surface area contributed by atoms with Crippen molar-refractivity contribution in [2.75, 3.05) is 5.32 Å². The van der Waals surface area contributed by atoms with Crippen molar-refractivity contribution >= 4 is 28.8 Å². The molecule has 0 bridgehead atoms. The number of rotatable bonds is 9. The Hall–Kier alpha value is -3.19. The normalized spacial score (nSPS) is 13.9. The van der Waals surface area contributed by atoms with E-state index in [9.17, 15) is 9.59 Å². The Bertz CT molecular complexity index is 1070. The summed E-state index contributed by atoms with van der Waals surface area (Å²) in [5, 5.41) is 8.67. The predicted molar refractivity (Wildman–Crippen MR) is 126 cm³/mol. The number of hydrogen-bond donors (Lipinski definition) is 2. The maximum Gasteiger partial charge on any atom is 0.227 e. The average Bonchev–Trinajstić information content (AvgIpc) is 3.54. The van der Waals surface area contributed by atoms with E-state index in [1.54, 1.807) is 0 Å². The number of nitrogens with zero attached hydrogens (tertiary/aromatic N) is 1. The molecule has 0 aliphatic heterocycles. The zero-order chi connectivity index (χ0) is 22.5. The first-order valence-electron chi connectivity index (χ1n) is 10.8. The molecular formula is C25H27N3O3S. The molecule has 1 heterocycles. The number of carbonyl (C=O) groups is 2. The van der Waals surface area contributed by atoms with Gasteiger partial charge in [0.2, 0.25) is 11.8 Å². The molecule has 7 heteroatoms. The van der Waals surface area contributed by atoms with E-state index >= 15 is 0 Å². The maximum atomic E-state index is 12.5. The molecule has 1 aliphatic rings. The van der Waals surface area contributed by atoms with Crippen molar-refractivity contribution in [3.05, 3.63) is 75.7 Å². The first kappa shape index (κ1) is 22.0. The highest BCUT2D eigenvalue weighted by molar-refractivity contribution is 7.09. The van der Waals surface area contributed by atoms with Gasteiger partial charge in [0.25, 0.3) is 0 Å². The highest BCUT2D eigenvalue weighted by Crippen LogP contribution is 2.30. The molecule has 166 valence electrons. The smallest absolute Gasteiger partial charge is 0.227 e. The van der Waals surface area contributed by atoms with Gasteiger partial charge in [-0.15, -0.1) is 11.3 Å². The van der Waals surface area contributed by atoms with Crippen LogP contribution in [0.2, 0.25) is 0 Å². The molecule has 1 aromatic heterocycles. The van der Waals surface area contributed by atoms with Crippen LogP contribution in [-0.4, -0.2) is 16.8 Å². The minimum atomic E-state index is -0.140. The number of benzene rings is 2. The van der Waals surface area contributed by atoms with Gasteiger partial charge in [-0.2, -0.15) is 0 Å². The zero-order valence-corrected chi connectivity index (χ0v) is 19.1. The monoisotopic (exact) mass is 449 g/mol. The third kappa shape index (κ3) is 6.17. The number of anilines is 1. The molecule has 1 fully saturated rings. The molecule has 2 aromatic carbocycles. The van der Waals surface area contributed by atoms with E-state index in [0.29, 0.717) is 6.61 Å². The zero-order valence-electron chi connectivity index (χ0n) is 18.3. The Labute approximate surface area is 192 Å². The van der Waals surface area contributed by atoms with Crippen LogP contribution in [0.15, 0.2) is 53.9 Å². The lowest BCUT2D eigenvalue weighted by Crippen LogP contribution is -2.28. The lowest BCUT2D eigenvalue weighted by Gasteiger charge is -2.15. The Kier molecular flexibility index (Phi) is 6.85. The van der Waals surface area contributed by atoms with Gasteiger partial charge < -0.3 is 15.4 Å². The Morgan fingerprint density at radius 3 is 2.53 bits per heavy atom. The van der Waals surface area contributed by atoms with Crippen molar-refractivity contribution in [1.29, 1.82) is 0 Å². The standard InChI is InChI=1S/C25H27N3O3S/c1-16-3-11-22(12-4-16)31-14-24-27-21(15-32-24)13-23(29)26-17(2)18-7-9-20(10-8-18)28-25(30)19-5-6-19/h3-4,7-12,15,17,19H,5-6,13-14H2,1-2H3,(H,26,29)(H,28,30). The number of aromatic nitrogens is 1. The highest BCUT2D eigenvalue weighted by atomic mass is 32.1. The quantitative estimate of drug-likeness (QED) is 0.492. The van der Waals surface area contributed by atoms with Gasteiger partial charge in [0, 0.05) is 17.0 Å². The van der Waals surface area contributed by atoms with Crippen LogP contribution in [-0.2, 0) is 22.6 Å². The molecule has 0 saturated heterocycles. The minimum absolute atomic E-state index is 0.0834. The topological polar surface area (TPSA) is 80.3 Å². The SMILES string of the molecule is Cc1ccc(OCc2nc(CC(=O)NC(C)c3ccc(NC(=O)C4CC4)cc3)cs2)cc1. The Balaban J connectivity index is 1.24. The van der Waals surface area contributed by atoms with E-state index in [0.717, 1.165) is 40.5 Å². The van der Waals surface area contributed by atoms with Crippen molar-refractivity contribution in [2.45, 2.75) is 45.8 Å². The number of nitrogens with one attached hydrogen (secondary N) is 2. The second kappa shape index (κ2) is 9.96. The second-order valence-electron chi connectivity index (χ2n) is 8.19. The van der Waals surface area contributed by atoms with Crippen molar-refractivity contribution < 1.29 is 14.3 Å². The van der Waals surface area contributed by atoms with E-state index in [1.807, 2.05) is 67.8 Å². The number of aryl methyl sites for hydroxylation is 1. The number of hydrogen-bond acceptors (Lipinski definition) is 5. The first-order valence-corrected chi connectivity index (χ1v) is 11.7. The van der Waals surface area contributed by atoms with Crippen molar-refractivity contribution in [3.8, 4) is 5.75 Å². The summed E-state index contributed by atoms with van der Waals surface area (Å²) in [7, 11) is 0. The first-order chi connectivity index (χ1) is 15.5. The second-order valence-corrected chi connectivity index (χ2v) is 9.13. The van der Waals surface area contributed by atoms with Crippen molar-refractivity contribution in [2.24, 2.45) is 5.92 Å². The van der Waals surface area contributed by atoms with Crippen LogP contribution in [0, 0.1) is 12.8 Å². The van der Waals surface area contributed by atoms with Gasteiger partial charge in [-0.25, -0.2) is 4.98 Å². The van der Waals surface area contributed by atoms with Crippen LogP contribution in [0.4, 0.5) is 5.69 Å². The van der Waals surface area contributed by atoms with E-state index in [4.69, 9.17) is 4.74 Å². The number of amides is 2. The molecule has 0 spiro atoms. The van der Waals surface area contributed by atoms with E-state index < -0.39 is 0 Å². The van der Waals surface area contributed by atoms with Gasteiger partial charge in [0.05, 0.1) is 18.2 Å². The summed E-state index contributed by atoms with van der Waals surface area (Å²) in [6.07, 6.45) is 2.18. The van der Waals surface area contributed by atoms with Gasteiger partial charge in [0.15, 0.2) is 0 Å². The molecule has 32 heavy (non-hydrogen) atoms. The molecule has 4 rings (SSSR count). The van der Waals surface area contributed by atoms with Gasteiger partial charge in [-0.05, 0) is 56.5 Å². The van der Waals surface area contributed by atoms with Crippen LogP contribution in [0.3, 0.4) is 0 Å². The number of ether oxygens (including phenoxy) is 1. The van der Waals surface area contributed by atoms with E-state index in [1.165, 1.54) is 16.9 Å². The largest absolute Gasteiger partial charge is 0.486 e. The summed E-state index contributed by atoms with van der Waals surface area (Å²) in [4.78, 5) is 28.8. The molecule has 1 saturated carbocycles. The van der Waals surface area contributed by atoms with Crippen LogP contribution >= 0.6 is 11.3 Å². The molecule has 2 N–H and O–H groups in total. The molecular weight excluding hydrogens is 422 g/mol. The molecule has 6 nitrogen and oxygen atoms in total. The van der Waals surface area contributed by atoms with E-state index in [-0.39, 0.29) is 30.2 Å². The third-order valence-corrected chi connectivity index (χ3v) is 6.20.